The van der Waals surface area contributed by atoms with Crippen LogP contribution >= 0.6 is 10.7 Å². The third-order valence-corrected chi connectivity index (χ3v) is 4.68. The molecule has 1 aromatic heterocycles. The largest absolute Gasteiger partial charge is 0.383 e. The molecule has 0 radical (unpaired) electrons. The van der Waals surface area contributed by atoms with E-state index < -0.39 is 9.05 Å². The molecule has 0 atom stereocenters. The van der Waals surface area contributed by atoms with Crippen LogP contribution in [0.3, 0.4) is 0 Å². The zero-order chi connectivity index (χ0) is 14.8. The Morgan fingerprint density at radius 3 is 2.75 bits per heavy atom. The molecule has 0 saturated heterocycles. The average molecular weight is 321 g/mol. The van der Waals surface area contributed by atoms with Crippen LogP contribution in [0.1, 0.15) is 29.8 Å². The molecule has 0 aromatic carbocycles. The molecule has 1 aliphatic carbocycles. The van der Waals surface area contributed by atoms with Crippen LogP contribution in [0.2, 0.25) is 0 Å². The van der Waals surface area contributed by atoms with Gasteiger partial charge in [-0.25, -0.2) is 8.42 Å². The zero-order valence-corrected chi connectivity index (χ0v) is 12.7. The van der Waals surface area contributed by atoms with Crippen molar-refractivity contribution in [2.75, 3.05) is 13.7 Å². The number of rotatable bonds is 6. The monoisotopic (exact) mass is 320 g/mol. The lowest BCUT2D eigenvalue weighted by atomic mass is 9.93. The summed E-state index contributed by atoms with van der Waals surface area (Å²) in [4.78, 5) is 12.1. The quantitative estimate of drug-likeness (QED) is 0.802. The number of amides is 1. The smallest absolute Gasteiger partial charge is 0.268 e. The van der Waals surface area contributed by atoms with Gasteiger partial charge in [-0.2, -0.15) is 0 Å². The van der Waals surface area contributed by atoms with Crippen molar-refractivity contribution < 1.29 is 17.9 Å². The van der Waals surface area contributed by atoms with E-state index in [0.717, 1.165) is 19.3 Å². The van der Waals surface area contributed by atoms with Gasteiger partial charge in [-0.05, 0) is 25.3 Å². The Morgan fingerprint density at radius 2 is 2.25 bits per heavy atom. The molecule has 2 rings (SSSR count). The van der Waals surface area contributed by atoms with E-state index in [-0.39, 0.29) is 22.5 Å². The molecule has 20 heavy (non-hydrogen) atoms. The molecule has 1 aromatic rings. The first-order chi connectivity index (χ1) is 9.41. The molecule has 1 N–H and O–H groups in total. The molecule has 0 unspecified atom stereocenters. The summed E-state index contributed by atoms with van der Waals surface area (Å²) in [6.07, 6.45) is 4.39. The van der Waals surface area contributed by atoms with Gasteiger partial charge in [0.05, 0.1) is 6.61 Å². The maximum absolute atomic E-state index is 12.2. The van der Waals surface area contributed by atoms with Crippen molar-refractivity contribution in [1.29, 1.82) is 0 Å². The second-order valence-electron chi connectivity index (χ2n) is 4.79. The Labute approximate surface area is 122 Å². The number of ether oxygens (including phenoxy) is 1. The molecule has 1 fully saturated rings. The van der Waals surface area contributed by atoms with Gasteiger partial charge < -0.3 is 14.6 Å². The third-order valence-electron chi connectivity index (χ3n) is 3.36. The van der Waals surface area contributed by atoms with Gasteiger partial charge in [0.25, 0.3) is 15.0 Å². The highest BCUT2D eigenvalue weighted by molar-refractivity contribution is 8.13. The van der Waals surface area contributed by atoms with Crippen molar-refractivity contribution in [3.05, 3.63) is 18.0 Å². The van der Waals surface area contributed by atoms with E-state index in [4.69, 9.17) is 15.4 Å². The van der Waals surface area contributed by atoms with Gasteiger partial charge in [-0.3, -0.25) is 4.79 Å². The first-order valence-electron chi connectivity index (χ1n) is 6.36. The minimum Gasteiger partial charge on any atom is -0.383 e. The summed E-state index contributed by atoms with van der Waals surface area (Å²) in [7, 11) is 3.01. The van der Waals surface area contributed by atoms with Gasteiger partial charge in [0.15, 0.2) is 0 Å². The van der Waals surface area contributed by atoms with E-state index in [1.165, 1.54) is 19.4 Å². The van der Waals surface area contributed by atoms with E-state index in [1.54, 1.807) is 4.57 Å². The Morgan fingerprint density at radius 1 is 1.55 bits per heavy atom. The number of carbonyl (C=O) groups excluding carboxylic acids is 1. The van der Waals surface area contributed by atoms with Gasteiger partial charge in [0.1, 0.15) is 10.6 Å². The highest BCUT2D eigenvalue weighted by atomic mass is 35.7. The van der Waals surface area contributed by atoms with Crippen LogP contribution in [0.4, 0.5) is 0 Å². The lowest BCUT2D eigenvalue weighted by molar-refractivity contribution is 0.0904. The van der Waals surface area contributed by atoms with Crippen molar-refractivity contribution in [3.8, 4) is 0 Å². The molecule has 1 saturated carbocycles. The van der Waals surface area contributed by atoms with Crippen LogP contribution in [-0.2, 0) is 20.3 Å². The predicted molar refractivity (Wildman–Crippen MR) is 74.5 cm³/mol. The summed E-state index contributed by atoms with van der Waals surface area (Å²) >= 11 is 0. The summed E-state index contributed by atoms with van der Waals surface area (Å²) in [6, 6.07) is 1.48. The Balaban J connectivity index is 2.23. The fourth-order valence-corrected chi connectivity index (χ4v) is 2.75. The number of methoxy groups -OCH3 is 1. The molecule has 0 aliphatic heterocycles. The van der Waals surface area contributed by atoms with Gasteiger partial charge >= 0.3 is 0 Å². The van der Waals surface area contributed by atoms with Gasteiger partial charge in [0.2, 0.25) is 0 Å². The van der Waals surface area contributed by atoms with Gasteiger partial charge in [0, 0.05) is 36.6 Å². The van der Waals surface area contributed by atoms with E-state index in [0.29, 0.717) is 13.2 Å². The van der Waals surface area contributed by atoms with Gasteiger partial charge in [-0.1, -0.05) is 0 Å². The number of halogens is 1. The van der Waals surface area contributed by atoms with Crippen molar-refractivity contribution >= 4 is 25.6 Å². The molecule has 8 heteroatoms. The van der Waals surface area contributed by atoms with E-state index >= 15 is 0 Å². The fraction of sp³-hybridized carbons (Fsp3) is 0.583. The SMILES string of the molecule is COCCn1cc(S(=O)(=O)Cl)cc1C(=O)NC1CCC1. The number of hydrogen-bond acceptors (Lipinski definition) is 4. The maximum atomic E-state index is 12.2. The molecule has 0 spiro atoms. The molecular formula is C12H17ClN2O4S. The second-order valence-corrected chi connectivity index (χ2v) is 7.35. The molecule has 112 valence electrons. The summed E-state index contributed by atoms with van der Waals surface area (Å²) in [5.74, 6) is -0.280. The Hall–Kier alpha value is -1.05. The van der Waals surface area contributed by atoms with Crippen LogP contribution < -0.4 is 5.32 Å². The third kappa shape index (κ3) is 3.53. The summed E-state index contributed by atoms with van der Waals surface area (Å²) in [5, 5.41) is 2.88. The minimum absolute atomic E-state index is 0.0750. The summed E-state index contributed by atoms with van der Waals surface area (Å²) in [5.41, 5.74) is 0.285. The van der Waals surface area contributed by atoms with Gasteiger partial charge in [-0.15, -0.1) is 0 Å². The molecule has 6 nitrogen and oxygen atoms in total. The van der Waals surface area contributed by atoms with E-state index in [9.17, 15) is 13.2 Å². The maximum Gasteiger partial charge on any atom is 0.268 e. The Kier molecular flexibility index (Phi) is 4.72. The normalized spacial score (nSPS) is 15.9. The number of aromatic nitrogens is 1. The molecular weight excluding hydrogens is 304 g/mol. The zero-order valence-electron chi connectivity index (χ0n) is 11.1. The standard InChI is InChI=1S/C12H17ClN2O4S/c1-19-6-5-15-8-10(20(13,17)18)7-11(15)12(16)14-9-3-2-4-9/h7-9H,2-6H2,1H3,(H,14,16). The van der Waals surface area contributed by atoms with Crippen LogP contribution in [-0.4, -0.2) is 38.7 Å². The molecule has 1 heterocycles. The number of hydrogen-bond donors (Lipinski definition) is 1. The average Bonchev–Trinajstić information content (AvgIpc) is 2.75. The predicted octanol–water partition coefficient (Wildman–Crippen LogP) is 1.34. The highest BCUT2D eigenvalue weighted by Crippen LogP contribution is 2.21. The molecule has 1 aliphatic rings. The first kappa shape index (κ1) is 15.3. The lowest BCUT2D eigenvalue weighted by Crippen LogP contribution is -2.40. The topological polar surface area (TPSA) is 77.4 Å². The van der Waals surface area contributed by atoms with Crippen LogP contribution in [0.5, 0.6) is 0 Å². The van der Waals surface area contributed by atoms with Crippen molar-refractivity contribution in [2.24, 2.45) is 0 Å². The van der Waals surface area contributed by atoms with E-state index in [2.05, 4.69) is 5.32 Å². The lowest BCUT2D eigenvalue weighted by Gasteiger charge is -2.26. The molecule has 1 amide bonds. The summed E-state index contributed by atoms with van der Waals surface area (Å²) in [6.45, 7) is 0.760. The first-order valence-corrected chi connectivity index (χ1v) is 8.67. The van der Waals surface area contributed by atoms with Crippen LogP contribution in [0.15, 0.2) is 17.2 Å². The highest BCUT2D eigenvalue weighted by Gasteiger charge is 2.24. The summed E-state index contributed by atoms with van der Waals surface area (Å²) < 4.78 is 29.2. The van der Waals surface area contributed by atoms with E-state index in [1.807, 2.05) is 0 Å². The van der Waals surface area contributed by atoms with Crippen molar-refractivity contribution in [3.63, 3.8) is 0 Å². The fourth-order valence-electron chi connectivity index (χ4n) is 1.99. The van der Waals surface area contributed by atoms with Crippen LogP contribution in [0.25, 0.3) is 0 Å². The number of nitrogens with zero attached hydrogens (tertiary/aromatic N) is 1. The molecule has 0 bridgehead atoms. The Bertz CT molecular complexity index is 593. The van der Waals surface area contributed by atoms with Crippen molar-refractivity contribution in [1.82, 2.24) is 9.88 Å². The second kappa shape index (κ2) is 6.15. The van der Waals surface area contributed by atoms with Crippen LogP contribution in [0, 0.1) is 0 Å². The van der Waals surface area contributed by atoms with Crippen molar-refractivity contribution in [2.45, 2.75) is 36.7 Å². The minimum atomic E-state index is -3.85. The number of nitrogens with one attached hydrogen (secondary N) is 1. The number of carbonyl (C=O) groups is 1.